The van der Waals surface area contributed by atoms with Crippen LogP contribution in [0, 0.1) is 0 Å². The van der Waals surface area contributed by atoms with Crippen molar-refractivity contribution in [3.05, 3.63) is 23.8 Å². The van der Waals surface area contributed by atoms with Crippen molar-refractivity contribution in [1.82, 2.24) is 9.80 Å². The van der Waals surface area contributed by atoms with Crippen molar-refractivity contribution >= 4 is 0 Å². The molecule has 0 aliphatic heterocycles. The van der Waals surface area contributed by atoms with Gasteiger partial charge < -0.3 is 14.7 Å². The SMILES string of the molecule is COc1ccc(C(C)N(C)CCN(C)C)c(O)c1. The molecule has 0 fully saturated rings. The Morgan fingerprint density at radius 3 is 2.39 bits per heavy atom. The molecule has 0 radical (unpaired) electrons. The van der Waals surface area contributed by atoms with Crippen LogP contribution < -0.4 is 4.74 Å². The zero-order valence-electron chi connectivity index (χ0n) is 12.0. The van der Waals surface area contributed by atoms with Crippen molar-refractivity contribution in [3.63, 3.8) is 0 Å². The van der Waals surface area contributed by atoms with E-state index in [4.69, 9.17) is 4.74 Å². The fourth-order valence-electron chi connectivity index (χ4n) is 1.79. The van der Waals surface area contributed by atoms with Crippen LogP contribution in [-0.2, 0) is 0 Å². The molecule has 0 aromatic heterocycles. The lowest BCUT2D eigenvalue weighted by atomic mass is 10.1. The fraction of sp³-hybridized carbons (Fsp3) is 0.571. The van der Waals surface area contributed by atoms with Gasteiger partial charge in [0.05, 0.1) is 7.11 Å². The summed E-state index contributed by atoms with van der Waals surface area (Å²) >= 11 is 0. The summed E-state index contributed by atoms with van der Waals surface area (Å²) in [6.07, 6.45) is 0. The zero-order chi connectivity index (χ0) is 13.7. The molecule has 1 atom stereocenters. The van der Waals surface area contributed by atoms with E-state index in [9.17, 15) is 5.11 Å². The van der Waals surface area contributed by atoms with Gasteiger partial charge in [0, 0.05) is 30.8 Å². The molecule has 0 aliphatic carbocycles. The third kappa shape index (κ3) is 3.89. The number of nitrogens with zero attached hydrogens (tertiary/aromatic N) is 2. The Kier molecular flexibility index (Phi) is 5.44. The fourth-order valence-corrected chi connectivity index (χ4v) is 1.79. The van der Waals surface area contributed by atoms with E-state index >= 15 is 0 Å². The molecular weight excluding hydrogens is 228 g/mol. The molecule has 4 nitrogen and oxygen atoms in total. The van der Waals surface area contributed by atoms with Crippen LogP contribution in [-0.4, -0.2) is 56.2 Å². The molecule has 102 valence electrons. The third-order valence-corrected chi connectivity index (χ3v) is 3.25. The topological polar surface area (TPSA) is 35.9 Å². The van der Waals surface area contributed by atoms with Gasteiger partial charge >= 0.3 is 0 Å². The summed E-state index contributed by atoms with van der Waals surface area (Å²) in [5.41, 5.74) is 0.928. The highest BCUT2D eigenvalue weighted by Crippen LogP contribution is 2.30. The summed E-state index contributed by atoms with van der Waals surface area (Å²) in [5, 5.41) is 10.0. The maximum atomic E-state index is 10.0. The molecule has 0 saturated heterocycles. The average Bonchev–Trinajstić information content (AvgIpc) is 2.34. The number of aromatic hydroxyl groups is 1. The van der Waals surface area contributed by atoms with E-state index in [1.807, 2.05) is 12.1 Å². The summed E-state index contributed by atoms with van der Waals surface area (Å²) in [7, 11) is 7.78. The minimum Gasteiger partial charge on any atom is -0.507 e. The van der Waals surface area contributed by atoms with Crippen molar-refractivity contribution < 1.29 is 9.84 Å². The standard InChI is InChI=1S/C14H24N2O2/c1-11(16(4)9-8-15(2)3)13-7-6-12(18-5)10-14(13)17/h6-7,10-11,17H,8-9H2,1-5H3. The molecule has 0 amide bonds. The van der Waals surface area contributed by atoms with Gasteiger partial charge in [0.2, 0.25) is 0 Å². The normalized spacial score (nSPS) is 13.1. The van der Waals surface area contributed by atoms with E-state index in [0.29, 0.717) is 11.5 Å². The molecule has 1 rings (SSSR count). The molecule has 0 saturated carbocycles. The summed E-state index contributed by atoms with van der Waals surface area (Å²) < 4.78 is 5.09. The van der Waals surface area contributed by atoms with Crippen molar-refractivity contribution in [2.24, 2.45) is 0 Å². The van der Waals surface area contributed by atoms with Gasteiger partial charge in [0.15, 0.2) is 0 Å². The summed E-state index contributed by atoms with van der Waals surface area (Å²) in [5.74, 6) is 0.970. The number of rotatable bonds is 6. The van der Waals surface area contributed by atoms with Gasteiger partial charge in [-0.1, -0.05) is 6.07 Å². The van der Waals surface area contributed by atoms with Crippen LogP contribution in [0.2, 0.25) is 0 Å². The first-order valence-electron chi connectivity index (χ1n) is 6.17. The number of phenols is 1. The highest BCUT2D eigenvalue weighted by molar-refractivity contribution is 5.41. The number of hydrogen-bond acceptors (Lipinski definition) is 4. The predicted octanol–water partition coefficient (Wildman–Crippen LogP) is 1.96. The lowest BCUT2D eigenvalue weighted by Crippen LogP contribution is -2.30. The van der Waals surface area contributed by atoms with Crippen LogP contribution in [0.1, 0.15) is 18.5 Å². The molecular formula is C14H24N2O2. The average molecular weight is 252 g/mol. The Labute approximate surface area is 110 Å². The molecule has 1 aromatic rings. The first-order chi connectivity index (χ1) is 8.45. The van der Waals surface area contributed by atoms with E-state index < -0.39 is 0 Å². The van der Waals surface area contributed by atoms with Crippen LogP contribution in [0.5, 0.6) is 11.5 Å². The maximum absolute atomic E-state index is 10.0. The van der Waals surface area contributed by atoms with Crippen LogP contribution in [0.4, 0.5) is 0 Å². The molecule has 0 heterocycles. The first kappa shape index (κ1) is 14.8. The van der Waals surface area contributed by atoms with Crippen molar-refractivity contribution in [3.8, 4) is 11.5 Å². The van der Waals surface area contributed by atoms with E-state index in [2.05, 4.69) is 37.9 Å². The second kappa shape index (κ2) is 6.61. The number of ether oxygens (including phenoxy) is 1. The molecule has 18 heavy (non-hydrogen) atoms. The quantitative estimate of drug-likeness (QED) is 0.839. The zero-order valence-corrected chi connectivity index (χ0v) is 12.0. The molecule has 0 bridgehead atoms. The Balaban J connectivity index is 2.73. The minimum absolute atomic E-state index is 0.177. The molecule has 0 spiro atoms. The second-order valence-electron chi connectivity index (χ2n) is 4.88. The van der Waals surface area contributed by atoms with E-state index in [0.717, 1.165) is 18.7 Å². The minimum atomic E-state index is 0.177. The van der Waals surface area contributed by atoms with Gasteiger partial charge in [-0.25, -0.2) is 0 Å². The molecule has 0 aliphatic rings. The van der Waals surface area contributed by atoms with Gasteiger partial charge in [0.25, 0.3) is 0 Å². The van der Waals surface area contributed by atoms with Crippen LogP contribution in [0.25, 0.3) is 0 Å². The van der Waals surface area contributed by atoms with Gasteiger partial charge in [-0.2, -0.15) is 0 Å². The van der Waals surface area contributed by atoms with Crippen LogP contribution in [0.3, 0.4) is 0 Å². The van der Waals surface area contributed by atoms with E-state index in [-0.39, 0.29) is 6.04 Å². The Morgan fingerprint density at radius 2 is 1.89 bits per heavy atom. The van der Waals surface area contributed by atoms with Crippen molar-refractivity contribution in [2.75, 3.05) is 41.3 Å². The van der Waals surface area contributed by atoms with Gasteiger partial charge in [-0.05, 0) is 34.1 Å². The number of likely N-dealkylation sites (N-methyl/N-ethyl adjacent to an activating group) is 2. The largest absolute Gasteiger partial charge is 0.507 e. The highest BCUT2D eigenvalue weighted by atomic mass is 16.5. The summed E-state index contributed by atoms with van der Waals surface area (Å²) in [6, 6.07) is 5.64. The number of hydrogen-bond donors (Lipinski definition) is 1. The first-order valence-corrected chi connectivity index (χ1v) is 6.17. The van der Waals surface area contributed by atoms with Crippen molar-refractivity contribution in [1.29, 1.82) is 0 Å². The van der Waals surface area contributed by atoms with Gasteiger partial charge in [0.1, 0.15) is 11.5 Å². The lowest BCUT2D eigenvalue weighted by Gasteiger charge is -2.27. The van der Waals surface area contributed by atoms with E-state index in [1.54, 1.807) is 13.2 Å². The van der Waals surface area contributed by atoms with Gasteiger partial charge in [-0.15, -0.1) is 0 Å². The molecule has 1 N–H and O–H groups in total. The second-order valence-corrected chi connectivity index (χ2v) is 4.88. The molecule has 1 aromatic carbocycles. The highest BCUT2D eigenvalue weighted by Gasteiger charge is 2.15. The Morgan fingerprint density at radius 1 is 1.22 bits per heavy atom. The maximum Gasteiger partial charge on any atom is 0.124 e. The monoisotopic (exact) mass is 252 g/mol. The molecule has 4 heteroatoms. The number of benzene rings is 1. The third-order valence-electron chi connectivity index (χ3n) is 3.25. The number of methoxy groups -OCH3 is 1. The smallest absolute Gasteiger partial charge is 0.124 e. The molecule has 1 unspecified atom stereocenters. The predicted molar refractivity (Wildman–Crippen MR) is 74.3 cm³/mol. The van der Waals surface area contributed by atoms with E-state index in [1.165, 1.54) is 0 Å². The summed E-state index contributed by atoms with van der Waals surface area (Å²) in [4.78, 5) is 4.37. The summed E-state index contributed by atoms with van der Waals surface area (Å²) in [6.45, 7) is 4.05. The number of phenolic OH excluding ortho intramolecular Hbond substituents is 1. The van der Waals surface area contributed by atoms with Crippen LogP contribution in [0.15, 0.2) is 18.2 Å². The Hall–Kier alpha value is -1.26. The van der Waals surface area contributed by atoms with Crippen molar-refractivity contribution in [2.45, 2.75) is 13.0 Å². The van der Waals surface area contributed by atoms with Crippen LogP contribution >= 0.6 is 0 Å². The Bertz CT molecular complexity index is 380. The lowest BCUT2D eigenvalue weighted by molar-refractivity contribution is 0.227. The van der Waals surface area contributed by atoms with Gasteiger partial charge in [-0.3, -0.25) is 4.90 Å².